The number of para-hydroxylation sites is 1. The molecule has 3 aromatic rings. The Balaban J connectivity index is 1.80. The number of benzene rings is 3. The highest BCUT2D eigenvalue weighted by Crippen LogP contribution is 2.17. The van der Waals surface area contributed by atoms with E-state index in [2.05, 4.69) is 10.0 Å². The maximum atomic E-state index is 13.2. The van der Waals surface area contributed by atoms with E-state index in [-0.39, 0.29) is 17.9 Å². The van der Waals surface area contributed by atoms with Crippen molar-refractivity contribution in [3.05, 3.63) is 95.8 Å². The number of nitrogens with one attached hydrogen (secondary N) is 2. The number of ether oxygens (including phenoxy) is 1. The molecule has 0 unspecified atom stereocenters. The van der Waals surface area contributed by atoms with Crippen LogP contribution in [0.1, 0.15) is 11.1 Å². The maximum absolute atomic E-state index is 13.2. The van der Waals surface area contributed by atoms with Crippen LogP contribution >= 0.6 is 0 Å². The summed E-state index contributed by atoms with van der Waals surface area (Å²) in [6.45, 7) is 0.173. The van der Waals surface area contributed by atoms with E-state index in [9.17, 15) is 17.6 Å². The second-order valence-electron chi connectivity index (χ2n) is 6.85. The number of hydrogen-bond acceptors (Lipinski definition) is 4. The molecule has 3 aromatic carbocycles. The van der Waals surface area contributed by atoms with Crippen LogP contribution in [-0.4, -0.2) is 27.5 Å². The predicted octanol–water partition coefficient (Wildman–Crippen LogP) is 3.04. The summed E-state index contributed by atoms with van der Waals surface area (Å²) >= 11 is 0. The number of carbonyl (C=O) groups is 1. The third-order valence-corrected chi connectivity index (χ3v) is 6.15. The lowest BCUT2D eigenvalue weighted by Gasteiger charge is -2.19. The molecule has 0 saturated heterocycles. The summed E-state index contributed by atoms with van der Waals surface area (Å²) in [4.78, 5) is 12.8. The zero-order valence-corrected chi connectivity index (χ0v) is 17.7. The number of rotatable bonds is 9. The lowest BCUT2D eigenvalue weighted by Crippen LogP contribution is -2.47. The van der Waals surface area contributed by atoms with Gasteiger partial charge in [0.15, 0.2) is 0 Å². The smallest absolute Gasteiger partial charge is 0.241 e. The van der Waals surface area contributed by atoms with E-state index in [4.69, 9.17) is 4.74 Å². The van der Waals surface area contributed by atoms with Crippen molar-refractivity contribution >= 4 is 15.9 Å². The highest BCUT2D eigenvalue weighted by atomic mass is 32.2. The van der Waals surface area contributed by atoms with Crippen LogP contribution in [0.5, 0.6) is 5.75 Å². The van der Waals surface area contributed by atoms with Crippen molar-refractivity contribution < 1.29 is 22.3 Å². The molecule has 2 N–H and O–H groups in total. The van der Waals surface area contributed by atoms with Crippen LogP contribution in [0.15, 0.2) is 83.8 Å². The Bertz CT molecular complexity index is 1120. The summed E-state index contributed by atoms with van der Waals surface area (Å²) in [7, 11) is -2.50. The third-order valence-electron chi connectivity index (χ3n) is 4.67. The van der Waals surface area contributed by atoms with Gasteiger partial charge < -0.3 is 10.1 Å². The Kier molecular flexibility index (Phi) is 7.38. The van der Waals surface area contributed by atoms with Gasteiger partial charge in [-0.2, -0.15) is 4.72 Å². The van der Waals surface area contributed by atoms with Crippen molar-refractivity contribution in [1.82, 2.24) is 10.0 Å². The number of carbonyl (C=O) groups excluding carboxylic acids is 1. The normalized spacial score (nSPS) is 12.2. The molecule has 8 heteroatoms. The molecular formula is C23H23FN2O4S. The molecule has 0 radical (unpaired) electrons. The fraction of sp³-hybridized carbons (Fsp3) is 0.174. The van der Waals surface area contributed by atoms with Gasteiger partial charge in [0.1, 0.15) is 17.6 Å². The molecule has 1 amide bonds. The highest BCUT2D eigenvalue weighted by Gasteiger charge is 2.26. The van der Waals surface area contributed by atoms with Crippen molar-refractivity contribution in [3.8, 4) is 5.75 Å². The second-order valence-corrected chi connectivity index (χ2v) is 8.56. The lowest BCUT2D eigenvalue weighted by atomic mass is 10.1. The van der Waals surface area contributed by atoms with Crippen molar-refractivity contribution in [3.63, 3.8) is 0 Å². The van der Waals surface area contributed by atoms with Crippen LogP contribution in [0.25, 0.3) is 0 Å². The molecule has 0 fully saturated rings. The van der Waals surface area contributed by atoms with Gasteiger partial charge in [-0.1, -0.05) is 48.5 Å². The lowest BCUT2D eigenvalue weighted by molar-refractivity contribution is -0.122. The molecule has 3 rings (SSSR count). The summed E-state index contributed by atoms with van der Waals surface area (Å²) in [5, 5.41) is 2.77. The fourth-order valence-electron chi connectivity index (χ4n) is 3.06. The molecule has 162 valence electrons. The summed E-state index contributed by atoms with van der Waals surface area (Å²) < 4.78 is 46.5. The van der Waals surface area contributed by atoms with Crippen molar-refractivity contribution in [2.75, 3.05) is 7.11 Å². The number of methoxy groups -OCH3 is 1. The van der Waals surface area contributed by atoms with Gasteiger partial charge in [-0.25, -0.2) is 12.8 Å². The predicted molar refractivity (Wildman–Crippen MR) is 115 cm³/mol. The van der Waals surface area contributed by atoms with Crippen LogP contribution in [0.3, 0.4) is 0 Å². The van der Waals surface area contributed by atoms with Gasteiger partial charge in [0, 0.05) is 12.1 Å². The quantitative estimate of drug-likeness (QED) is 0.534. The molecule has 0 aliphatic rings. The molecule has 0 aliphatic carbocycles. The minimum absolute atomic E-state index is 0.121. The van der Waals surface area contributed by atoms with Gasteiger partial charge in [0.25, 0.3) is 0 Å². The van der Waals surface area contributed by atoms with E-state index >= 15 is 0 Å². The monoisotopic (exact) mass is 442 g/mol. The van der Waals surface area contributed by atoms with E-state index in [1.165, 1.54) is 7.11 Å². The van der Waals surface area contributed by atoms with Crippen molar-refractivity contribution in [2.45, 2.75) is 23.9 Å². The first kappa shape index (κ1) is 22.5. The average Bonchev–Trinajstić information content (AvgIpc) is 2.78. The van der Waals surface area contributed by atoms with Gasteiger partial charge in [-0.15, -0.1) is 0 Å². The van der Waals surface area contributed by atoms with E-state index in [1.807, 2.05) is 48.5 Å². The van der Waals surface area contributed by atoms with Gasteiger partial charge in [0.05, 0.1) is 12.0 Å². The first-order chi connectivity index (χ1) is 14.9. The van der Waals surface area contributed by atoms with E-state index in [0.29, 0.717) is 5.75 Å². The molecule has 6 nitrogen and oxygen atoms in total. The summed E-state index contributed by atoms with van der Waals surface area (Å²) in [5.74, 6) is -0.413. The summed E-state index contributed by atoms with van der Waals surface area (Å²) in [6.07, 6.45) is 0.152. The minimum atomic E-state index is -4.04. The van der Waals surface area contributed by atoms with Crippen LogP contribution in [-0.2, 0) is 27.8 Å². The minimum Gasteiger partial charge on any atom is -0.496 e. The first-order valence-electron chi connectivity index (χ1n) is 9.60. The van der Waals surface area contributed by atoms with Gasteiger partial charge in [0.2, 0.25) is 15.9 Å². The van der Waals surface area contributed by atoms with Gasteiger partial charge in [-0.3, -0.25) is 4.79 Å². The second kappa shape index (κ2) is 10.2. The summed E-state index contributed by atoms with van der Waals surface area (Å²) in [6, 6.07) is 19.7. The number of amides is 1. The van der Waals surface area contributed by atoms with Gasteiger partial charge in [-0.05, 0) is 42.3 Å². The van der Waals surface area contributed by atoms with Gasteiger partial charge >= 0.3 is 0 Å². The Labute approximate surface area is 181 Å². The Morgan fingerprint density at radius 2 is 1.61 bits per heavy atom. The summed E-state index contributed by atoms with van der Waals surface area (Å²) in [5.41, 5.74) is 1.56. The van der Waals surface area contributed by atoms with Crippen molar-refractivity contribution in [1.29, 1.82) is 0 Å². The first-order valence-corrected chi connectivity index (χ1v) is 11.1. The zero-order chi connectivity index (χ0) is 22.3. The van der Waals surface area contributed by atoms with Crippen LogP contribution in [0.2, 0.25) is 0 Å². The molecular weight excluding hydrogens is 419 g/mol. The molecule has 0 saturated carbocycles. The standard InChI is InChI=1S/C23H23FN2O4S/c1-30-22-10-6-5-9-18(22)16-25-23(27)21(15-17-7-3-2-4-8-17)26-31(28,29)20-13-11-19(24)12-14-20/h2-14,21,26H,15-16H2,1H3,(H,25,27)/t21-/m0/s1. The van der Waals surface area contributed by atoms with Crippen LogP contribution in [0, 0.1) is 5.82 Å². The molecule has 0 bridgehead atoms. The topological polar surface area (TPSA) is 84.5 Å². The molecule has 0 aliphatic heterocycles. The Morgan fingerprint density at radius 3 is 2.29 bits per heavy atom. The molecule has 0 aromatic heterocycles. The largest absolute Gasteiger partial charge is 0.496 e. The molecule has 0 heterocycles. The van der Waals surface area contributed by atoms with E-state index in [0.717, 1.165) is 35.4 Å². The maximum Gasteiger partial charge on any atom is 0.241 e. The molecule has 31 heavy (non-hydrogen) atoms. The molecule has 1 atom stereocenters. The van der Waals surface area contributed by atoms with Crippen LogP contribution < -0.4 is 14.8 Å². The van der Waals surface area contributed by atoms with Crippen LogP contribution in [0.4, 0.5) is 4.39 Å². The van der Waals surface area contributed by atoms with Crippen molar-refractivity contribution in [2.24, 2.45) is 0 Å². The Hall–Kier alpha value is -3.23. The number of sulfonamides is 1. The zero-order valence-electron chi connectivity index (χ0n) is 16.9. The third kappa shape index (κ3) is 6.13. The number of halogens is 1. The van der Waals surface area contributed by atoms with E-state index in [1.54, 1.807) is 6.07 Å². The highest BCUT2D eigenvalue weighted by molar-refractivity contribution is 7.89. The number of hydrogen-bond donors (Lipinski definition) is 2. The fourth-order valence-corrected chi connectivity index (χ4v) is 4.26. The average molecular weight is 443 g/mol. The molecule has 0 spiro atoms. The van der Waals surface area contributed by atoms with E-state index < -0.39 is 27.8 Å². The Morgan fingerprint density at radius 1 is 0.968 bits per heavy atom. The SMILES string of the molecule is COc1ccccc1CNC(=O)[C@H](Cc1ccccc1)NS(=O)(=O)c1ccc(F)cc1.